The van der Waals surface area contributed by atoms with Crippen LogP contribution < -0.4 is 10.2 Å². The van der Waals surface area contributed by atoms with Crippen molar-refractivity contribution in [1.82, 2.24) is 10.2 Å². The summed E-state index contributed by atoms with van der Waals surface area (Å²) in [5, 5.41) is 2.73. The molecule has 2 atom stereocenters. The number of hydrogen-bond donors (Lipinski definition) is 1. The van der Waals surface area contributed by atoms with E-state index in [1.165, 1.54) is 13.8 Å². The maximum Gasteiger partial charge on any atom is 0.415 e. The van der Waals surface area contributed by atoms with Gasteiger partial charge < -0.3 is 19.7 Å². The lowest BCUT2D eigenvalue weighted by molar-refractivity contribution is -0.150. The zero-order valence-corrected chi connectivity index (χ0v) is 17.6. The van der Waals surface area contributed by atoms with Crippen molar-refractivity contribution in [3.8, 4) is 0 Å². The first-order valence-electron chi connectivity index (χ1n) is 10.3. The number of fused-ring (bicyclic) bond motifs is 3. The molecule has 0 aromatic heterocycles. The Morgan fingerprint density at radius 3 is 2.74 bits per heavy atom. The maximum atomic E-state index is 12.4. The number of carbonyl (C=O) groups excluding carboxylic acids is 4. The molecule has 1 N–H and O–H groups in total. The fourth-order valence-corrected chi connectivity index (χ4v) is 4.31. The standard InChI is InChI=1S/C22H25N3O6/c1-13(26)23-11-20-19-10-17-9-16(3-4-18(17)25(19)22(29)31-20)15-5-7-24(8-6-15)21(28)12-30-14(2)27/h3-5,9,19-20H,6-8,10-12H2,1-2H3,(H,23,26)/t19-,20-/m0/s1. The van der Waals surface area contributed by atoms with E-state index >= 15 is 0 Å². The van der Waals surface area contributed by atoms with Crippen molar-refractivity contribution in [1.29, 1.82) is 0 Å². The van der Waals surface area contributed by atoms with E-state index in [1.54, 1.807) is 9.80 Å². The molecule has 3 amide bonds. The first-order valence-corrected chi connectivity index (χ1v) is 10.3. The minimum Gasteiger partial charge on any atom is -0.456 e. The Morgan fingerprint density at radius 2 is 2.06 bits per heavy atom. The van der Waals surface area contributed by atoms with Gasteiger partial charge in [-0.3, -0.25) is 19.3 Å². The van der Waals surface area contributed by atoms with E-state index in [-0.39, 0.29) is 36.7 Å². The quantitative estimate of drug-likeness (QED) is 0.709. The summed E-state index contributed by atoms with van der Waals surface area (Å²) in [5.41, 5.74) is 4.13. The first kappa shape index (κ1) is 20.9. The van der Waals surface area contributed by atoms with Gasteiger partial charge in [-0.2, -0.15) is 0 Å². The van der Waals surface area contributed by atoms with Crippen molar-refractivity contribution >= 4 is 35.1 Å². The molecule has 0 aliphatic carbocycles. The molecule has 0 radical (unpaired) electrons. The summed E-state index contributed by atoms with van der Waals surface area (Å²) in [6, 6.07) is 5.89. The van der Waals surface area contributed by atoms with Gasteiger partial charge in [0.05, 0.1) is 18.3 Å². The molecule has 0 spiro atoms. The van der Waals surface area contributed by atoms with E-state index in [9.17, 15) is 19.2 Å². The predicted molar refractivity (Wildman–Crippen MR) is 111 cm³/mol. The number of ether oxygens (including phenoxy) is 2. The summed E-state index contributed by atoms with van der Waals surface area (Å²) in [6.45, 7) is 3.81. The molecule has 31 heavy (non-hydrogen) atoms. The average Bonchev–Trinajstić information content (AvgIpc) is 3.27. The minimum atomic E-state index is -0.469. The van der Waals surface area contributed by atoms with Crippen LogP contribution >= 0.6 is 0 Å². The van der Waals surface area contributed by atoms with Crippen LogP contribution in [0.15, 0.2) is 24.3 Å². The minimum absolute atomic E-state index is 0.126. The Labute approximate surface area is 180 Å². The maximum absolute atomic E-state index is 12.4. The Kier molecular flexibility index (Phi) is 5.67. The van der Waals surface area contributed by atoms with E-state index in [0.29, 0.717) is 32.5 Å². The number of anilines is 1. The van der Waals surface area contributed by atoms with Crippen LogP contribution in [0.2, 0.25) is 0 Å². The average molecular weight is 427 g/mol. The highest BCUT2D eigenvalue weighted by molar-refractivity contribution is 5.94. The molecule has 1 saturated heterocycles. The molecule has 0 bridgehead atoms. The van der Waals surface area contributed by atoms with E-state index in [1.807, 2.05) is 18.2 Å². The number of carbonyl (C=O) groups is 4. The van der Waals surface area contributed by atoms with Gasteiger partial charge in [0.25, 0.3) is 5.91 Å². The van der Waals surface area contributed by atoms with Crippen LogP contribution in [0.5, 0.6) is 0 Å². The summed E-state index contributed by atoms with van der Waals surface area (Å²) in [7, 11) is 0. The molecule has 0 unspecified atom stereocenters. The van der Waals surface area contributed by atoms with Gasteiger partial charge in [-0.15, -0.1) is 0 Å². The summed E-state index contributed by atoms with van der Waals surface area (Å²) >= 11 is 0. The second kappa shape index (κ2) is 8.41. The Bertz CT molecular complexity index is 972. The highest BCUT2D eigenvalue weighted by atomic mass is 16.6. The van der Waals surface area contributed by atoms with Crippen molar-refractivity contribution in [2.24, 2.45) is 0 Å². The predicted octanol–water partition coefficient (Wildman–Crippen LogP) is 1.25. The van der Waals surface area contributed by atoms with Gasteiger partial charge >= 0.3 is 12.1 Å². The molecule has 3 aliphatic rings. The van der Waals surface area contributed by atoms with Crippen molar-refractivity contribution in [3.63, 3.8) is 0 Å². The van der Waals surface area contributed by atoms with Gasteiger partial charge in [-0.1, -0.05) is 12.1 Å². The van der Waals surface area contributed by atoms with Crippen LogP contribution in [0.4, 0.5) is 10.5 Å². The molecule has 1 aromatic carbocycles. The second-order valence-electron chi connectivity index (χ2n) is 7.94. The molecule has 3 heterocycles. The van der Waals surface area contributed by atoms with Gasteiger partial charge in [0.2, 0.25) is 5.91 Å². The van der Waals surface area contributed by atoms with Crippen molar-refractivity contribution in [2.75, 3.05) is 31.1 Å². The monoisotopic (exact) mass is 427 g/mol. The number of cyclic esters (lactones) is 1. The molecule has 9 nitrogen and oxygen atoms in total. The Hall–Kier alpha value is -3.36. The largest absolute Gasteiger partial charge is 0.456 e. The van der Waals surface area contributed by atoms with Crippen LogP contribution in [0.25, 0.3) is 5.57 Å². The zero-order valence-electron chi connectivity index (χ0n) is 17.6. The third-order valence-electron chi connectivity index (χ3n) is 5.86. The molecular formula is C22H25N3O6. The molecule has 164 valence electrons. The van der Waals surface area contributed by atoms with E-state index in [4.69, 9.17) is 9.47 Å². The summed E-state index contributed by atoms with van der Waals surface area (Å²) in [4.78, 5) is 49.9. The molecule has 1 aromatic rings. The summed E-state index contributed by atoms with van der Waals surface area (Å²) in [5.74, 6) is -0.829. The molecule has 1 fully saturated rings. The van der Waals surface area contributed by atoms with Crippen molar-refractivity contribution in [3.05, 3.63) is 35.4 Å². The lowest BCUT2D eigenvalue weighted by Gasteiger charge is -2.26. The molecule has 9 heteroatoms. The number of esters is 1. The highest BCUT2D eigenvalue weighted by Gasteiger charge is 2.47. The smallest absolute Gasteiger partial charge is 0.415 e. The van der Waals surface area contributed by atoms with Crippen molar-refractivity contribution in [2.45, 2.75) is 38.8 Å². The van der Waals surface area contributed by atoms with Crippen molar-refractivity contribution < 1.29 is 28.7 Å². The van der Waals surface area contributed by atoms with Crippen LogP contribution in [0.1, 0.15) is 31.4 Å². The van der Waals surface area contributed by atoms with Gasteiger partial charge in [-0.25, -0.2) is 4.79 Å². The van der Waals surface area contributed by atoms with Gasteiger partial charge in [-0.05, 0) is 41.7 Å². The van der Waals surface area contributed by atoms with E-state index in [0.717, 1.165) is 22.4 Å². The third kappa shape index (κ3) is 4.26. The number of rotatable bonds is 5. The number of amides is 3. The third-order valence-corrected chi connectivity index (χ3v) is 5.86. The van der Waals surface area contributed by atoms with Crippen LogP contribution in [-0.2, 0) is 30.3 Å². The molecular weight excluding hydrogens is 402 g/mol. The topological polar surface area (TPSA) is 105 Å². The fraction of sp³-hybridized carbons (Fsp3) is 0.455. The van der Waals surface area contributed by atoms with Crippen LogP contribution in [0.3, 0.4) is 0 Å². The first-order chi connectivity index (χ1) is 14.8. The normalized spacial score (nSPS) is 21.7. The number of hydrogen-bond acceptors (Lipinski definition) is 6. The fourth-order valence-electron chi connectivity index (χ4n) is 4.31. The van der Waals surface area contributed by atoms with Gasteiger partial charge in [0.15, 0.2) is 6.61 Å². The van der Waals surface area contributed by atoms with Crippen LogP contribution in [-0.4, -0.2) is 67.2 Å². The number of benzene rings is 1. The Balaban J connectivity index is 1.44. The molecule has 4 rings (SSSR count). The SMILES string of the molecule is CC(=O)NC[C@@H]1OC(=O)N2c3ccc(C4=CCN(C(=O)COC(C)=O)CC4)cc3C[C@@H]12. The number of nitrogens with zero attached hydrogens (tertiary/aromatic N) is 2. The van der Waals surface area contributed by atoms with Gasteiger partial charge in [0, 0.05) is 26.9 Å². The van der Waals surface area contributed by atoms with Gasteiger partial charge in [0.1, 0.15) is 6.10 Å². The summed E-state index contributed by atoms with van der Waals surface area (Å²) in [6.07, 6.45) is 2.62. The van der Waals surface area contributed by atoms with E-state index in [2.05, 4.69) is 11.4 Å². The molecule has 0 saturated carbocycles. The lowest BCUT2D eigenvalue weighted by Crippen LogP contribution is -2.40. The second-order valence-corrected chi connectivity index (χ2v) is 7.94. The van der Waals surface area contributed by atoms with E-state index < -0.39 is 5.97 Å². The number of nitrogens with one attached hydrogen (secondary N) is 1. The zero-order chi connectivity index (χ0) is 22.1. The highest BCUT2D eigenvalue weighted by Crippen LogP contribution is 2.40. The Morgan fingerprint density at radius 1 is 1.26 bits per heavy atom. The molecule has 3 aliphatic heterocycles. The van der Waals surface area contributed by atoms with Crippen LogP contribution in [0, 0.1) is 0 Å². The lowest BCUT2D eigenvalue weighted by atomic mass is 9.96. The summed E-state index contributed by atoms with van der Waals surface area (Å²) < 4.78 is 10.2.